The van der Waals surface area contributed by atoms with Gasteiger partial charge in [-0.05, 0) is 41.7 Å². The Morgan fingerprint density at radius 3 is 2.51 bits per heavy atom. The molecule has 0 aliphatic heterocycles. The van der Waals surface area contributed by atoms with E-state index in [0.717, 1.165) is 16.9 Å². The monoisotopic (exact) mass is 503 g/mol. The summed E-state index contributed by atoms with van der Waals surface area (Å²) in [6.45, 7) is 0.454. The van der Waals surface area contributed by atoms with Crippen molar-refractivity contribution in [3.05, 3.63) is 53.9 Å². The van der Waals surface area contributed by atoms with Gasteiger partial charge in [0.15, 0.2) is 12.4 Å². The molecule has 1 fully saturated rings. The predicted molar refractivity (Wildman–Crippen MR) is 129 cm³/mol. The Balaban J connectivity index is 1.56. The quantitative estimate of drug-likeness (QED) is 0.359. The summed E-state index contributed by atoms with van der Waals surface area (Å²) in [5, 5.41) is 12.8. The second-order valence-electron chi connectivity index (χ2n) is 7.95. The summed E-state index contributed by atoms with van der Waals surface area (Å²) in [5.41, 5.74) is 3.56. The van der Waals surface area contributed by atoms with Crippen LogP contribution < -0.4 is 15.4 Å². The molecule has 1 amide bonds. The van der Waals surface area contributed by atoms with Gasteiger partial charge in [-0.2, -0.15) is 13.2 Å². The third-order valence-corrected chi connectivity index (χ3v) is 6.21. The maximum absolute atomic E-state index is 13.1. The molecule has 184 valence electrons. The zero-order valence-electron chi connectivity index (χ0n) is 19.1. The first-order valence-electron chi connectivity index (χ1n) is 11.1. The van der Waals surface area contributed by atoms with Crippen LogP contribution >= 0.6 is 11.8 Å². The number of aromatic nitrogens is 3. The number of pyridine rings is 1. The molecule has 1 aromatic carbocycles. The average Bonchev–Trinajstić information content (AvgIpc) is 3.68. The minimum atomic E-state index is -4.52. The third kappa shape index (κ3) is 6.41. The van der Waals surface area contributed by atoms with Crippen molar-refractivity contribution in [3.63, 3.8) is 0 Å². The van der Waals surface area contributed by atoms with Crippen LogP contribution in [0.4, 0.5) is 24.7 Å². The van der Waals surface area contributed by atoms with E-state index >= 15 is 0 Å². The first-order valence-corrected chi connectivity index (χ1v) is 12.1. The summed E-state index contributed by atoms with van der Waals surface area (Å²) >= 11 is 1.48. The summed E-state index contributed by atoms with van der Waals surface area (Å²) in [4.78, 5) is 18.2. The third-order valence-electron chi connectivity index (χ3n) is 5.30. The SMILES string of the molecule is CCSc1cc(-c2ccc(C3CC3)cc2)cnc1C(=O)Nc1cc(OCC(F)(F)F)nnc1NC. The van der Waals surface area contributed by atoms with Crippen LogP contribution in [0.5, 0.6) is 5.88 Å². The Kier molecular flexibility index (Phi) is 7.44. The molecule has 2 aromatic heterocycles. The smallest absolute Gasteiger partial charge is 0.422 e. The number of carbonyl (C=O) groups excluding carboxylic acids is 1. The van der Waals surface area contributed by atoms with E-state index in [0.29, 0.717) is 10.8 Å². The van der Waals surface area contributed by atoms with Crippen molar-refractivity contribution >= 4 is 29.2 Å². The Morgan fingerprint density at radius 2 is 1.89 bits per heavy atom. The van der Waals surface area contributed by atoms with Crippen molar-refractivity contribution in [1.82, 2.24) is 15.2 Å². The van der Waals surface area contributed by atoms with Gasteiger partial charge < -0.3 is 15.4 Å². The lowest BCUT2D eigenvalue weighted by Gasteiger charge is -2.14. The van der Waals surface area contributed by atoms with Crippen LogP contribution in [-0.2, 0) is 0 Å². The van der Waals surface area contributed by atoms with Crippen LogP contribution in [0.15, 0.2) is 47.5 Å². The molecule has 0 bridgehead atoms. The Morgan fingerprint density at radius 1 is 1.14 bits per heavy atom. The second-order valence-corrected chi connectivity index (χ2v) is 9.26. The van der Waals surface area contributed by atoms with Gasteiger partial charge >= 0.3 is 6.18 Å². The fraction of sp³-hybridized carbons (Fsp3) is 0.333. The number of anilines is 2. The van der Waals surface area contributed by atoms with Crippen LogP contribution in [0.25, 0.3) is 11.1 Å². The van der Waals surface area contributed by atoms with E-state index < -0.39 is 18.7 Å². The molecular formula is C24H24F3N5O2S. The lowest BCUT2D eigenvalue weighted by molar-refractivity contribution is -0.154. The highest BCUT2D eigenvalue weighted by atomic mass is 32.2. The van der Waals surface area contributed by atoms with Crippen molar-refractivity contribution in [2.24, 2.45) is 0 Å². The van der Waals surface area contributed by atoms with E-state index in [-0.39, 0.29) is 23.1 Å². The van der Waals surface area contributed by atoms with Gasteiger partial charge in [0.1, 0.15) is 5.69 Å². The number of alkyl halides is 3. The number of hydrogen-bond acceptors (Lipinski definition) is 7. The highest BCUT2D eigenvalue weighted by Gasteiger charge is 2.29. The minimum Gasteiger partial charge on any atom is -0.467 e. The first-order chi connectivity index (χ1) is 16.8. The van der Waals surface area contributed by atoms with Gasteiger partial charge in [-0.15, -0.1) is 22.0 Å². The molecule has 7 nitrogen and oxygen atoms in total. The number of thioether (sulfide) groups is 1. The molecule has 2 N–H and O–H groups in total. The summed E-state index contributed by atoms with van der Waals surface area (Å²) in [7, 11) is 1.55. The zero-order valence-corrected chi connectivity index (χ0v) is 20.0. The minimum absolute atomic E-state index is 0.124. The summed E-state index contributed by atoms with van der Waals surface area (Å²) in [6, 6.07) is 11.5. The molecule has 1 aliphatic rings. The lowest BCUT2D eigenvalue weighted by Crippen LogP contribution is -2.20. The normalized spacial score (nSPS) is 13.4. The molecule has 0 spiro atoms. The standard InChI is InChI=1S/C24H24F3N5O2S/c1-3-35-19-10-17(16-8-6-15(7-9-16)14-4-5-14)12-29-21(19)23(33)30-18-11-20(31-32-22(18)28-2)34-13-24(25,26)27/h6-12,14H,3-5,13H2,1-2H3,(H,28,32)(H,30,31,33). The van der Waals surface area contributed by atoms with E-state index in [1.54, 1.807) is 13.2 Å². The number of ether oxygens (including phenoxy) is 1. The molecule has 0 radical (unpaired) electrons. The number of nitrogens with zero attached hydrogens (tertiary/aromatic N) is 3. The van der Waals surface area contributed by atoms with Gasteiger partial charge in [0.05, 0.1) is 5.69 Å². The van der Waals surface area contributed by atoms with Crippen LogP contribution in [0.3, 0.4) is 0 Å². The largest absolute Gasteiger partial charge is 0.467 e. The van der Waals surface area contributed by atoms with Crippen molar-refractivity contribution in [2.75, 3.05) is 30.0 Å². The van der Waals surface area contributed by atoms with E-state index in [1.165, 1.54) is 36.2 Å². The zero-order chi connectivity index (χ0) is 25.0. The number of benzene rings is 1. The number of nitrogens with one attached hydrogen (secondary N) is 2. The fourth-order valence-corrected chi connectivity index (χ4v) is 4.27. The molecule has 0 unspecified atom stereocenters. The van der Waals surface area contributed by atoms with Crippen molar-refractivity contribution in [2.45, 2.75) is 36.8 Å². The summed E-state index contributed by atoms with van der Waals surface area (Å²) in [6.07, 6.45) is -0.411. The number of hydrogen-bond donors (Lipinski definition) is 2. The lowest BCUT2D eigenvalue weighted by atomic mass is 10.0. The van der Waals surface area contributed by atoms with E-state index in [1.807, 2.05) is 13.0 Å². The van der Waals surface area contributed by atoms with E-state index in [2.05, 4.69) is 54.8 Å². The number of rotatable bonds is 9. The maximum atomic E-state index is 13.1. The van der Waals surface area contributed by atoms with Gasteiger partial charge in [0, 0.05) is 29.8 Å². The number of amides is 1. The molecule has 3 aromatic rings. The fourth-order valence-electron chi connectivity index (χ4n) is 3.46. The molecule has 11 heteroatoms. The second kappa shape index (κ2) is 10.5. The van der Waals surface area contributed by atoms with Crippen LogP contribution in [0, 0.1) is 0 Å². The average molecular weight is 504 g/mol. The van der Waals surface area contributed by atoms with E-state index in [9.17, 15) is 18.0 Å². The molecule has 1 saturated carbocycles. The van der Waals surface area contributed by atoms with Gasteiger partial charge in [-0.25, -0.2) is 4.98 Å². The summed E-state index contributed by atoms with van der Waals surface area (Å²) in [5.74, 6) is 0.680. The predicted octanol–water partition coefficient (Wildman–Crippen LogP) is 5.76. The van der Waals surface area contributed by atoms with Crippen LogP contribution in [-0.4, -0.2) is 46.7 Å². The van der Waals surface area contributed by atoms with Crippen LogP contribution in [0.1, 0.15) is 41.7 Å². The van der Waals surface area contributed by atoms with Gasteiger partial charge in [0.25, 0.3) is 5.91 Å². The first kappa shape index (κ1) is 24.8. The molecular weight excluding hydrogens is 479 g/mol. The Labute approximate surface area is 204 Å². The Hall–Kier alpha value is -3.34. The highest BCUT2D eigenvalue weighted by molar-refractivity contribution is 7.99. The maximum Gasteiger partial charge on any atom is 0.422 e. The van der Waals surface area contributed by atoms with Crippen molar-refractivity contribution in [1.29, 1.82) is 0 Å². The molecule has 0 saturated heterocycles. The molecule has 4 rings (SSSR count). The van der Waals surface area contributed by atoms with Gasteiger partial charge in [-0.1, -0.05) is 31.2 Å². The molecule has 35 heavy (non-hydrogen) atoms. The number of carbonyl (C=O) groups is 1. The van der Waals surface area contributed by atoms with E-state index in [4.69, 9.17) is 0 Å². The topological polar surface area (TPSA) is 89.0 Å². The Bertz CT molecular complexity index is 1200. The summed E-state index contributed by atoms with van der Waals surface area (Å²) < 4.78 is 42.1. The van der Waals surface area contributed by atoms with Crippen LogP contribution in [0.2, 0.25) is 0 Å². The molecule has 2 heterocycles. The van der Waals surface area contributed by atoms with Crippen molar-refractivity contribution in [3.8, 4) is 17.0 Å². The van der Waals surface area contributed by atoms with Gasteiger partial charge in [-0.3, -0.25) is 4.79 Å². The number of halogens is 3. The molecule has 1 aliphatic carbocycles. The van der Waals surface area contributed by atoms with Gasteiger partial charge in [0.2, 0.25) is 5.88 Å². The highest BCUT2D eigenvalue weighted by Crippen LogP contribution is 2.40. The van der Waals surface area contributed by atoms with Crippen molar-refractivity contribution < 1.29 is 22.7 Å². The molecule has 0 atom stereocenters.